The molecule has 1 fully saturated rings. The van der Waals surface area contributed by atoms with Crippen molar-refractivity contribution in [2.45, 2.75) is 0 Å². The number of para-hydroxylation sites is 1. The molecule has 7 nitrogen and oxygen atoms in total. The fourth-order valence-corrected chi connectivity index (χ4v) is 2.89. The average Bonchev–Trinajstić information content (AvgIpc) is 2.67. The molecule has 2 N–H and O–H groups in total. The third-order valence-corrected chi connectivity index (χ3v) is 4.22. The summed E-state index contributed by atoms with van der Waals surface area (Å²) in [6.45, 7) is 1.84. The van der Waals surface area contributed by atoms with Crippen molar-refractivity contribution in [1.82, 2.24) is 14.8 Å². The summed E-state index contributed by atoms with van der Waals surface area (Å²) >= 11 is 0. The zero-order chi connectivity index (χ0) is 17.8. The summed E-state index contributed by atoms with van der Waals surface area (Å²) in [6, 6.07) is 10.4. The number of methoxy groups -OCH3 is 1. The number of carbonyl (C=O) groups excluding carboxylic acids is 2. The molecule has 0 radical (unpaired) electrons. The van der Waals surface area contributed by atoms with Gasteiger partial charge in [0, 0.05) is 32.4 Å². The van der Waals surface area contributed by atoms with Gasteiger partial charge in [-0.2, -0.15) is 0 Å². The van der Waals surface area contributed by atoms with Crippen molar-refractivity contribution >= 4 is 17.5 Å². The second kappa shape index (κ2) is 7.21. The number of carbonyl (C=O) groups is 2. The molecule has 0 spiro atoms. The molecular formula is C18H20N4O3. The van der Waals surface area contributed by atoms with Crippen LogP contribution in [0.25, 0.3) is 0 Å². The van der Waals surface area contributed by atoms with Crippen molar-refractivity contribution in [2.24, 2.45) is 0 Å². The number of nitrogens with zero attached hydrogens (tertiary/aromatic N) is 3. The summed E-state index contributed by atoms with van der Waals surface area (Å²) in [5.74, 6) is 0.128. The minimum Gasteiger partial charge on any atom is -0.494 e. The fourth-order valence-electron chi connectivity index (χ4n) is 2.89. The predicted octanol–water partition coefficient (Wildman–Crippen LogP) is 1.27. The van der Waals surface area contributed by atoms with E-state index in [-0.39, 0.29) is 11.8 Å². The molecular weight excluding hydrogens is 320 g/mol. The van der Waals surface area contributed by atoms with Crippen molar-refractivity contribution in [3.8, 4) is 5.75 Å². The fraction of sp³-hybridized carbons (Fsp3) is 0.278. The van der Waals surface area contributed by atoms with Gasteiger partial charge in [-0.15, -0.1) is 0 Å². The molecule has 1 aliphatic heterocycles. The highest BCUT2D eigenvalue weighted by Crippen LogP contribution is 2.27. The van der Waals surface area contributed by atoms with E-state index < -0.39 is 0 Å². The minimum absolute atomic E-state index is 0.116. The molecule has 0 bridgehead atoms. The van der Waals surface area contributed by atoms with E-state index in [0.29, 0.717) is 48.9 Å². The van der Waals surface area contributed by atoms with Gasteiger partial charge in [0.15, 0.2) is 5.75 Å². The number of nitrogen functional groups attached to an aromatic ring is 1. The van der Waals surface area contributed by atoms with Crippen LogP contribution >= 0.6 is 0 Å². The van der Waals surface area contributed by atoms with E-state index in [4.69, 9.17) is 10.5 Å². The van der Waals surface area contributed by atoms with Crippen molar-refractivity contribution < 1.29 is 14.3 Å². The molecule has 1 saturated heterocycles. The van der Waals surface area contributed by atoms with Crippen LogP contribution in [0.15, 0.2) is 42.6 Å². The van der Waals surface area contributed by atoms with E-state index in [1.165, 1.54) is 7.11 Å². The zero-order valence-corrected chi connectivity index (χ0v) is 14.0. The number of pyridine rings is 1. The van der Waals surface area contributed by atoms with Crippen LogP contribution in [0.4, 0.5) is 5.69 Å². The van der Waals surface area contributed by atoms with E-state index in [9.17, 15) is 9.59 Å². The number of rotatable bonds is 3. The highest BCUT2D eigenvalue weighted by Gasteiger charge is 2.27. The molecule has 0 aliphatic carbocycles. The molecule has 1 aromatic heterocycles. The molecule has 0 atom stereocenters. The van der Waals surface area contributed by atoms with E-state index in [1.54, 1.807) is 52.4 Å². The first-order chi connectivity index (χ1) is 12.1. The zero-order valence-electron chi connectivity index (χ0n) is 14.0. The summed E-state index contributed by atoms with van der Waals surface area (Å²) in [5.41, 5.74) is 7.15. The van der Waals surface area contributed by atoms with Gasteiger partial charge in [-0.25, -0.2) is 0 Å². The minimum atomic E-state index is -0.144. The van der Waals surface area contributed by atoms with Gasteiger partial charge < -0.3 is 20.3 Å². The van der Waals surface area contributed by atoms with Gasteiger partial charge in [0.05, 0.1) is 18.4 Å². The van der Waals surface area contributed by atoms with E-state index >= 15 is 0 Å². The summed E-state index contributed by atoms with van der Waals surface area (Å²) in [6.07, 6.45) is 1.60. The van der Waals surface area contributed by atoms with Gasteiger partial charge in [0.25, 0.3) is 11.8 Å². The molecule has 7 heteroatoms. The van der Waals surface area contributed by atoms with E-state index in [2.05, 4.69) is 4.98 Å². The standard InChI is InChI=1S/C18H20N4O3/c1-25-16-13(5-4-6-14(16)19)17(23)21-9-11-22(12-10-21)18(24)15-7-2-3-8-20-15/h2-8H,9-12,19H2,1H3. The number of hydrogen-bond donors (Lipinski definition) is 1. The van der Waals surface area contributed by atoms with Crippen LogP contribution in [0.3, 0.4) is 0 Å². The third-order valence-electron chi connectivity index (χ3n) is 4.22. The number of piperazine rings is 1. The molecule has 2 amide bonds. The number of ether oxygens (including phenoxy) is 1. The lowest BCUT2D eigenvalue weighted by Gasteiger charge is -2.34. The summed E-state index contributed by atoms with van der Waals surface area (Å²) in [7, 11) is 1.49. The van der Waals surface area contributed by atoms with E-state index in [1.807, 2.05) is 0 Å². The first-order valence-electron chi connectivity index (χ1n) is 8.04. The average molecular weight is 340 g/mol. The Morgan fingerprint density at radius 2 is 1.68 bits per heavy atom. The molecule has 3 rings (SSSR count). The Kier molecular flexibility index (Phi) is 4.83. The molecule has 2 aromatic rings. The number of amides is 2. The lowest BCUT2D eigenvalue weighted by molar-refractivity contribution is 0.0530. The van der Waals surface area contributed by atoms with Crippen LogP contribution < -0.4 is 10.5 Å². The Labute approximate surface area is 146 Å². The molecule has 2 heterocycles. The topological polar surface area (TPSA) is 88.8 Å². The van der Waals surface area contributed by atoms with Gasteiger partial charge in [-0.3, -0.25) is 14.6 Å². The van der Waals surface area contributed by atoms with Gasteiger partial charge in [-0.05, 0) is 24.3 Å². The Hall–Kier alpha value is -3.09. The van der Waals surface area contributed by atoms with Crippen LogP contribution in [-0.4, -0.2) is 59.9 Å². The Morgan fingerprint density at radius 1 is 1.00 bits per heavy atom. The smallest absolute Gasteiger partial charge is 0.272 e. The quantitative estimate of drug-likeness (QED) is 0.850. The van der Waals surface area contributed by atoms with Crippen LogP contribution in [0, 0.1) is 0 Å². The molecule has 0 unspecified atom stereocenters. The van der Waals surface area contributed by atoms with Gasteiger partial charge >= 0.3 is 0 Å². The third kappa shape index (κ3) is 3.40. The number of anilines is 1. The van der Waals surface area contributed by atoms with Crippen LogP contribution in [0.5, 0.6) is 5.75 Å². The monoisotopic (exact) mass is 340 g/mol. The maximum Gasteiger partial charge on any atom is 0.272 e. The highest BCUT2D eigenvalue weighted by molar-refractivity contribution is 5.99. The molecule has 25 heavy (non-hydrogen) atoms. The maximum atomic E-state index is 12.8. The van der Waals surface area contributed by atoms with Crippen LogP contribution in [-0.2, 0) is 0 Å². The lowest BCUT2D eigenvalue weighted by atomic mass is 10.1. The van der Waals surface area contributed by atoms with Gasteiger partial charge in [0.1, 0.15) is 5.69 Å². The van der Waals surface area contributed by atoms with E-state index in [0.717, 1.165) is 0 Å². The maximum absolute atomic E-state index is 12.8. The molecule has 1 aromatic carbocycles. The summed E-state index contributed by atoms with van der Waals surface area (Å²) in [5, 5.41) is 0. The number of hydrogen-bond acceptors (Lipinski definition) is 5. The van der Waals surface area contributed by atoms with Crippen LogP contribution in [0.2, 0.25) is 0 Å². The van der Waals surface area contributed by atoms with Crippen molar-refractivity contribution in [1.29, 1.82) is 0 Å². The summed E-state index contributed by atoms with van der Waals surface area (Å²) in [4.78, 5) is 32.7. The Morgan fingerprint density at radius 3 is 2.28 bits per heavy atom. The first-order valence-corrected chi connectivity index (χ1v) is 8.04. The number of aromatic nitrogens is 1. The number of nitrogens with two attached hydrogens (primary N) is 1. The highest BCUT2D eigenvalue weighted by atomic mass is 16.5. The van der Waals surface area contributed by atoms with Gasteiger partial charge in [0.2, 0.25) is 0 Å². The van der Waals surface area contributed by atoms with Crippen molar-refractivity contribution in [2.75, 3.05) is 39.0 Å². The summed E-state index contributed by atoms with van der Waals surface area (Å²) < 4.78 is 5.26. The normalized spacial score (nSPS) is 14.3. The Balaban J connectivity index is 1.67. The predicted molar refractivity (Wildman–Crippen MR) is 93.5 cm³/mol. The molecule has 1 aliphatic rings. The molecule has 130 valence electrons. The van der Waals surface area contributed by atoms with Crippen molar-refractivity contribution in [3.05, 3.63) is 53.9 Å². The second-order valence-electron chi connectivity index (χ2n) is 5.73. The SMILES string of the molecule is COc1c(N)cccc1C(=O)N1CCN(C(=O)c2ccccn2)CC1. The molecule has 0 saturated carbocycles. The Bertz CT molecular complexity index is 771. The second-order valence-corrected chi connectivity index (χ2v) is 5.73. The number of benzene rings is 1. The van der Waals surface area contributed by atoms with Gasteiger partial charge in [-0.1, -0.05) is 12.1 Å². The largest absolute Gasteiger partial charge is 0.494 e. The van der Waals surface area contributed by atoms with Crippen LogP contribution in [0.1, 0.15) is 20.8 Å². The first kappa shape index (κ1) is 16.8. The lowest BCUT2D eigenvalue weighted by Crippen LogP contribution is -2.50. The van der Waals surface area contributed by atoms with Crippen molar-refractivity contribution in [3.63, 3.8) is 0 Å².